The van der Waals surface area contributed by atoms with Gasteiger partial charge in [-0.3, -0.25) is 0 Å². The van der Waals surface area contributed by atoms with Gasteiger partial charge in [0.15, 0.2) is 0 Å². The van der Waals surface area contributed by atoms with E-state index in [9.17, 15) is 14.8 Å². The molecule has 2 heterocycles. The zero-order valence-corrected chi connectivity index (χ0v) is 11.5. The van der Waals surface area contributed by atoms with Gasteiger partial charge < -0.3 is 9.84 Å². The Kier molecular flexibility index (Phi) is 3.07. The molecule has 106 valence electrons. The average Bonchev–Trinajstić information content (AvgIpc) is 2.98. The highest BCUT2D eigenvalue weighted by atomic mass is 19.1. The number of hydrogen-bond acceptors (Lipinski definition) is 3. The largest absolute Gasteiger partial charge is 0.388 e. The maximum absolute atomic E-state index is 13.3. The molecule has 20 heavy (non-hydrogen) atoms. The number of benzene rings is 1. The molecule has 2 fully saturated rings. The third-order valence-corrected chi connectivity index (χ3v) is 4.80. The Hall–Kier alpha value is -1.44. The molecule has 2 bridgehead atoms. The molecular formula is C16H18FNO2. The van der Waals surface area contributed by atoms with E-state index < -0.39 is 11.0 Å². The Morgan fingerprint density at radius 3 is 2.90 bits per heavy atom. The molecule has 4 heteroatoms. The molecule has 4 atom stereocenters. The van der Waals surface area contributed by atoms with Gasteiger partial charge >= 0.3 is 0 Å². The van der Waals surface area contributed by atoms with Gasteiger partial charge in [0, 0.05) is 6.42 Å². The van der Waals surface area contributed by atoms with E-state index in [4.69, 9.17) is 4.74 Å². The van der Waals surface area contributed by atoms with Crippen LogP contribution < -0.4 is 0 Å². The molecule has 1 N–H and O–H groups in total. The van der Waals surface area contributed by atoms with Gasteiger partial charge in [0.1, 0.15) is 11.2 Å². The van der Waals surface area contributed by atoms with Crippen molar-refractivity contribution < 1.29 is 14.2 Å². The standard InChI is InChI=1S/C16H18FNO2/c1-15(19,8-11-3-2-4-12(17)7-11)16(10-18)9-13-5-6-14(16)20-13/h2-4,7,13-14,19H,5-6,8-9H2,1H3. The van der Waals surface area contributed by atoms with E-state index in [0.717, 1.165) is 12.8 Å². The van der Waals surface area contributed by atoms with Crippen LogP contribution in [0.4, 0.5) is 4.39 Å². The minimum absolute atomic E-state index is 0.0821. The average molecular weight is 275 g/mol. The van der Waals surface area contributed by atoms with Gasteiger partial charge in [-0.05, 0) is 43.9 Å². The van der Waals surface area contributed by atoms with Crippen molar-refractivity contribution in [1.29, 1.82) is 5.26 Å². The van der Waals surface area contributed by atoms with Gasteiger partial charge in [0.25, 0.3) is 0 Å². The van der Waals surface area contributed by atoms with Crippen molar-refractivity contribution in [1.82, 2.24) is 0 Å². The highest BCUT2D eigenvalue weighted by Crippen LogP contribution is 2.54. The minimum atomic E-state index is -1.23. The number of halogens is 1. The van der Waals surface area contributed by atoms with Crippen molar-refractivity contribution in [3.05, 3.63) is 35.6 Å². The highest BCUT2D eigenvalue weighted by Gasteiger charge is 2.61. The van der Waals surface area contributed by atoms with Crippen molar-refractivity contribution in [2.24, 2.45) is 5.41 Å². The second kappa shape index (κ2) is 4.54. The number of nitriles is 1. The first-order valence-corrected chi connectivity index (χ1v) is 7.00. The normalized spacial score (nSPS) is 34.7. The van der Waals surface area contributed by atoms with Gasteiger partial charge in [-0.2, -0.15) is 5.26 Å². The van der Waals surface area contributed by atoms with Crippen LogP contribution in [0.5, 0.6) is 0 Å². The van der Waals surface area contributed by atoms with Gasteiger partial charge in [-0.1, -0.05) is 12.1 Å². The monoisotopic (exact) mass is 275 g/mol. The first-order valence-electron chi connectivity index (χ1n) is 7.00. The first-order chi connectivity index (χ1) is 9.47. The SMILES string of the molecule is CC(O)(Cc1cccc(F)c1)C1(C#N)CC2CCC1O2. The fourth-order valence-electron chi connectivity index (χ4n) is 3.72. The lowest BCUT2D eigenvalue weighted by Gasteiger charge is -2.41. The molecule has 1 aromatic carbocycles. The summed E-state index contributed by atoms with van der Waals surface area (Å²) in [4.78, 5) is 0. The molecule has 1 aromatic rings. The van der Waals surface area contributed by atoms with E-state index in [1.807, 2.05) is 0 Å². The molecule has 3 rings (SSSR count). The molecule has 0 aromatic heterocycles. The Morgan fingerprint density at radius 2 is 2.35 bits per heavy atom. The van der Waals surface area contributed by atoms with Crippen LogP contribution in [0.3, 0.4) is 0 Å². The number of rotatable bonds is 3. The number of hydrogen-bond donors (Lipinski definition) is 1. The second-order valence-electron chi connectivity index (χ2n) is 6.19. The van der Waals surface area contributed by atoms with Gasteiger partial charge in [0.05, 0.1) is 23.9 Å². The van der Waals surface area contributed by atoms with E-state index in [-0.39, 0.29) is 24.4 Å². The van der Waals surface area contributed by atoms with E-state index in [2.05, 4.69) is 6.07 Å². The molecule has 2 saturated heterocycles. The van der Waals surface area contributed by atoms with E-state index in [0.29, 0.717) is 12.0 Å². The summed E-state index contributed by atoms with van der Waals surface area (Å²) in [5.41, 5.74) is -1.41. The summed E-state index contributed by atoms with van der Waals surface area (Å²) in [5.74, 6) is -0.325. The maximum atomic E-state index is 13.3. The van der Waals surface area contributed by atoms with Gasteiger partial charge in [-0.15, -0.1) is 0 Å². The third-order valence-electron chi connectivity index (χ3n) is 4.80. The lowest BCUT2D eigenvalue weighted by Crippen LogP contribution is -2.52. The molecule has 0 amide bonds. The minimum Gasteiger partial charge on any atom is -0.388 e. The third kappa shape index (κ3) is 1.93. The lowest BCUT2D eigenvalue weighted by molar-refractivity contribution is -0.0711. The summed E-state index contributed by atoms with van der Waals surface area (Å²) in [5, 5.41) is 20.5. The summed E-state index contributed by atoms with van der Waals surface area (Å²) in [6.07, 6.45) is 2.47. The molecule has 3 nitrogen and oxygen atoms in total. The zero-order valence-electron chi connectivity index (χ0n) is 11.5. The Morgan fingerprint density at radius 1 is 1.55 bits per heavy atom. The topological polar surface area (TPSA) is 53.2 Å². The molecule has 2 aliphatic heterocycles. The van der Waals surface area contributed by atoms with E-state index in [1.54, 1.807) is 19.1 Å². The van der Waals surface area contributed by atoms with Crippen LogP contribution in [0.1, 0.15) is 31.7 Å². The second-order valence-corrected chi connectivity index (χ2v) is 6.19. The Balaban J connectivity index is 1.89. The number of fused-ring (bicyclic) bond motifs is 2. The quantitative estimate of drug-likeness (QED) is 0.922. The molecule has 4 unspecified atom stereocenters. The van der Waals surface area contributed by atoms with Crippen LogP contribution in [-0.2, 0) is 11.2 Å². The van der Waals surface area contributed by atoms with Crippen molar-refractivity contribution in [3.8, 4) is 6.07 Å². The van der Waals surface area contributed by atoms with Gasteiger partial charge in [0.2, 0.25) is 0 Å². The molecular weight excluding hydrogens is 257 g/mol. The molecule has 0 radical (unpaired) electrons. The highest BCUT2D eigenvalue weighted by molar-refractivity contribution is 5.25. The van der Waals surface area contributed by atoms with Crippen LogP contribution in [0.2, 0.25) is 0 Å². The fourth-order valence-corrected chi connectivity index (χ4v) is 3.72. The maximum Gasteiger partial charge on any atom is 0.123 e. The lowest BCUT2D eigenvalue weighted by atomic mass is 9.63. The molecule has 0 aliphatic carbocycles. The predicted molar refractivity (Wildman–Crippen MR) is 71.3 cm³/mol. The Labute approximate surface area is 118 Å². The number of aliphatic hydroxyl groups is 1. The fraction of sp³-hybridized carbons (Fsp3) is 0.562. The Bertz CT molecular complexity index is 566. The summed E-state index contributed by atoms with van der Waals surface area (Å²) in [7, 11) is 0. The number of ether oxygens (including phenoxy) is 1. The predicted octanol–water partition coefficient (Wildman–Crippen LogP) is 2.58. The molecule has 0 spiro atoms. The summed E-state index contributed by atoms with van der Waals surface area (Å²) < 4.78 is 19.0. The van der Waals surface area contributed by atoms with Crippen molar-refractivity contribution in [3.63, 3.8) is 0 Å². The summed E-state index contributed by atoms with van der Waals surface area (Å²) >= 11 is 0. The summed E-state index contributed by atoms with van der Waals surface area (Å²) in [6.45, 7) is 1.67. The molecule has 2 aliphatic rings. The van der Waals surface area contributed by atoms with Crippen molar-refractivity contribution in [2.45, 2.75) is 50.4 Å². The van der Waals surface area contributed by atoms with E-state index in [1.165, 1.54) is 12.1 Å². The van der Waals surface area contributed by atoms with Crippen LogP contribution in [0.25, 0.3) is 0 Å². The number of nitrogens with zero attached hydrogens (tertiary/aromatic N) is 1. The van der Waals surface area contributed by atoms with Gasteiger partial charge in [-0.25, -0.2) is 4.39 Å². The smallest absolute Gasteiger partial charge is 0.123 e. The zero-order chi connectivity index (χ0) is 14.4. The van der Waals surface area contributed by atoms with E-state index >= 15 is 0 Å². The van der Waals surface area contributed by atoms with Crippen LogP contribution in [0.15, 0.2) is 24.3 Å². The van der Waals surface area contributed by atoms with Crippen molar-refractivity contribution in [2.75, 3.05) is 0 Å². The van der Waals surface area contributed by atoms with Crippen LogP contribution >= 0.6 is 0 Å². The van der Waals surface area contributed by atoms with Crippen LogP contribution in [0, 0.1) is 22.6 Å². The first kappa shape index (κ1) is 13.5. The van der Waals surface area contributed by atoms with Crippen LogP contribution in [-0.4, -0.2) is 22.9 Å². The molecule has 0 saturated carbocycles. The summed E-state index contributed by atoms with van der Waals surface area (Å²) in [6, 6.07) is 8.50. The van der Waals surface area contributed by atoms with Crippen molar-refractivity contribution >= 4 is 0 Å².